The fourth-order valence-electron chi connectivity index (χ4n) is 0.845. The largest absolute Gasteiger partial charge is 0.399 e. The second-order valence-electron chi connectivity index (χ2n) is 2.99. The molecule has 0 aliphatic heterocycles. The van der Waals surface area contributed by atoms with Gasteiger partial charge in [0.25, 0.3) is 0 Å². The summed E-state index contributed by atoms with van der Waals surface area (Å²) in [7, 11) is 0. The lowest BCUT2D eigenvalue weighted by molar-refractivity contribution is 0.787. The fraction of sp³-hybridized carbons (Fsp3) is 0.455. The van der Waals surface area contributed by atoms with Crippen LogP contribution in [0.5, 0.6) is 0 Å². The maximum atomic E-state index is 5.55. The van der Waals surface area contributed by atoms with Crippen LogP contribution in [0.4, 0.5) is 0 Å². The molecule has 0 radical (unpaired) electrons. The van der Waals surface area contributed by atoms with Crippen molar-refractivity contribution in [1.82, 2.24) is 0 Å². The Hall–Kier alpha value is -0.980. The Kier molecular flexibility index (Phi) is 6.16. The Bertz CT molecular complexity index is 187. The minimum atomic E-state index is 0.728. The molecule has 0 amide bonds. The van der Waals surface area contributed by atoms with Crippen molar-refractivity contribution in [3.8, 4) is 0 Å². The zero-order valence-corrected chi connectivity index (χ0v) is 8.14. The highest BCUT2D eigenvalue weighted by Gasteiger charge is 1.86. The Morgan fingerprint density at radius 3 is 2.58 bits per heavy atom. The first kappa shape index (κ1) is 11.0. The molecular weight excluding hydrogens is 146 g/mol. The molecule has 1 heteroatoms. The lowest BCUT2D eigenvalue weighted by Gasteiger charge is -1.96. The molecule has 0 saturated carbocycles. The van der Waals surface area contributed by atoms with Crippen LogP contribution in [0.15, 0.2) is 36.1 Å². The molecule has 0 saturated heterocycles. The van der Waals surface area contributed by atoms with Gasteiger partial charge in [-0.25, -0.2) is 0 Å². The van der Waals surface area contributed by atoms with Gasteiger partial charge in [-0.1, -0.05) is 31.6 Å². The van der Waals surface area contributed by atoms with Crippen LogP contribution in [-0.2, 0) is 0 Å². The second-order valence-corrected chi connectivity index (χ2v) is 2.99. The molecule has 0 rings (SSSR count). The molecule has 2 N–H and O–H groups in total. The molecule has 12 heavy (non-hydrogen) atoms. The van der Waals surface area contributed by atoms with E-state index < -0.39 is 0 Å². The Morgan fingerprint density at radius 2 is 2.08 bits per heavy atom. The van der Waals surface area contributed by atoms with Crippen molar-refractivity contribution in [2.75, 3.05) is 0 Å². The number of nitrogens with two attached hydrogens (primary N) is 1. The van der Waals surface area contributed by atoms with Gasteiger partial charge in [0.15, 0.2) is 0 Å². The topological polar surface area (TPSA) is 26.0 Å². The lowest BCUT2D eigenvalue weighted by atomic mass is 10.1. The average molecular weight is 165 g/mol. The normalized spacial score (nSPS) is 13.2. The molecule has 0 heterocycles. The van der Waals surface area contributed by atoms with Gasteiger partial charge >= 0.3 is 0 Å². The van der Waals surface area contributed by atoms with Gasteiger partial charge < -0.3 is 5.73 Å². The Morgan fingerprint density at radius 1 is 1.42 bits per heavy atom. The number of rotatable bonds is 5. The highest BCUT2D eigenvalue weighted by atomic mass is 14.5. The number of unbranched alkanes of at least 4 members (excludes halogenated alkanes) is 1. The van der Waals surface area contributed by atoms with Crippen LogP contribution in [0.2, 0.25) is 0 Å². The van der Waals surface area contributed by atoms with Crippen LogP contribution in [0.25, 0.3) is 0 Å². The van der Waals surface area contributed by atoms with Crippen LogP contribution in [0.3, 0.4) is 0 Å². The van der Waals surface area contributed by atoms with E-state index in [1.165, 1.54) is 18.4 Å². The van der Waals surface area contributed by atoms with Crippen molar-refractivity contribution in [3.63, 3.8) is 0 Å². The summed E-state index contributed by atoms with van der Waals surface area (Å²) in [5, 5.41) is 0. The standard InChI is InChI=1S/C11H19N/c1-4-6-7-10(3)8-9-11(12)5-2/h5,8-9H,2,4,6-7,12H2,1,3H3/b10-8+,11-9+. The first-order valence-corrected chi connectivity index (χ1v) is 4.46. The molecule has 0 unspecified atom stereocenters. The summed E-state index contributed by atoms with van der Waals surface area (Å²) in [4.78, 5) is 0. The maximum absolute atomic E-state index is 5.55. The highest BCUT2D eigenvalue weighted by molar-refractivity contribution is 5.21. The van der Waals surface area contributed by atoms with Crippen molar-refractivity contribution < 1.29 is 0 Å². The van der Waals surface area contributed by atoms with Crippen molar-refractivity contribution in [3.05, 3.63) is 36.1 Å². The van der Waals surface area contributed by atoms with E-state index in [2.05, 4.69) is 26.5 Å². The molecule has 0 aromatic heterocycles. The van der Waals surface area contributed by atoms with Crippen LogP contribution in [-0.4, -0.2) is 0 Å². The third kappa shape index (κ3) is 5.78. The molecule has 0 aromatic carbocycles. The van der Waals surface area contributed by atoms with E-state index in [-0.39, 0.29) is 0 Å². The zero-order valence-electron chi connectivity index (χ0n) is 8.14. The van der Waals surface area contributed by atoms with E-state index in [0.29, 0.717) is 0 Å². The molecule has 0 spiro atoms. The van der Waals surface area contributed by atoms with Gasteiger partial charge in [0, 0.05) is 5.70 Å². The van der Waals surface area contributed by atoms with E-state index in [1.54, 1.807) is 6.08 Å². The summed E-state index contributed by atoms with van der Waals surface area (Å²) >= 11 is 0. The van der Waals surface area contributed by atoms with Crippen molar-refractivity contribution in [2.45, 2.75) is 33.1 Å². The molecule has 0 aliphatic carbocycles. The molecular formula is C11H19N. The van der Waals surface area contributed by atoms with Crippen molar-refractivity contribution in [2.24, 2.45) is 5.73 Å². The Labute approximate surface area is 75.7 Å². The van der Waals surface area contributed by atoms with Gasteiger partial charge in [-0.15, -0.1) is 0 Å². The summed E-state index contributed by atoms with van der Waals surface area (Å²) in [5.41, 5.74) is 7.65. The third-order valence-corrected chi connectivity index (χ3v) is 1.72. The third-order valence-electron chi connectivity index (χ3n) is 1.72. The van der Waals surface area contributed by atoms with E-state index in [0.717, 1.165) is 12.1 Å². The second kappa shape index (κ2) is 6.71. The summed E-state index contributed by atoms with van der Waals surface area (Å²) < 4.78 is 0. The molecule has 0 aliphatic rings. The van der Waals surface area contributed by atoms with E-state index in [4.69, 9.17) is 5.73 Å². The van der Waals surface area contributed by atoms with E-state index in [1.807, 2.05) is 6.08 Å². The monoisotopic (exact) mass is 165 g/mol. The molecule has 0 aromatic rings. The van der Waals surface area contributed by atoms with Crippen LogP contribution in [0.1, 0.15) is 33.1 Å². The smallest absolute Gasteiger partial charge is 0.0308 e. The minimum Gasteiger partial charge on any atom is -0.399 e. The molecule has 0 atom stereocenters. The molecule has 0 fully saturated rings. The Balaban J connectivity index is 3.90. The van der Waals surface area contributed by atoms with Crippen molar-refractivity contribution >= 4 is 0 Å². The summed E-state index contributed by atoms with van der Waals surface area (Å²) in [5.74, 6) is 0. The van der Waals surface area contributed by atoms with Gasteiger partial charge in [-0.2, -0.15) is 0 Å². The van der Waals surface area contributed by atoms with Crippen LogP contribution >= 0.6 is 0 Å². The summed E-state index contributed by atoms with van der Waals surface area (Å²) in [6, 6.07) is 0. The fourth-order valence-corrected chi connectivity index (χ4v) is 0.845. The molecule has 68 valence electrons. The first-order chi connectivity index (χ1) is 5.70. The quantitative estimate of drug-likeness (QED) is 0.622. The predicted molar refractivity (Wildman–Crippen MR) is 55.7 cm³/mol. The highest BCUT2D eigenvalue weighted by Crippen LogP contribution is 2.06. The number of allylic oxidation sites excluding steroid dienone is 4. The van der Waals surface area contributed by atoms with Crippen LogP contribution < -0.4 is 5.73 Å². The summed E-state index contributed by atoms with van der Waals surface area (Å²) in [6.07, 6.45) is 9.28. The van der Waals surface area contributed by atoms with Crippen LogP contribution in [0, 0.1) is 0 Å². The van der Waals surface area contributed by atoms with Gasteiger partial charge in [0.05, 0.1) is 0 Å². The molecule has 1 nitrogen and oxygen atoms in total. The SMILES string of the molecule is C=C/C(N)=C\C=C(/C)CCCC. The first-order valence-electron chi connectivity index (χ1n) is 4.46. The average Bonchev–Trinajstić information content (AvgIpc) is 2.10. The minimum absolute atomic E-state index is 0.728. The zero-order chi connectivity index (χ0) is 9.40. The van der Waals surface area contributed by atoms with Crippen molar-refractivity contribution in [1.29, 1.82) is 0 Å². The van der Waals surface area contributed by atoms with Gasteiger partial charge in [-0.3, -0.25) is 0 Å². The number of hydrogen-bond acceptors (Lipinski definition) is 1. The van der Waals surface area contributed by atoms with Gasteiger partial charge in [-0.05, 0) is 31.9 Å². The van der Waals surface area contributed by atoms with E-state index in [9.17, 15) is 0 Å². The number of hydrogen-bond donors (Lipinski definition) is 1. The van der Waals surface area contributed by atoms with Gasteiger partial charge in [0.2, 0.25) is 0 Å². The maximum Gasteiger partial charge on any atom is 0.0308 e. The van der Waals surface area contributed by atoms with Gasteiger partial charge in [0.1, 0.15) is 0 Å². The summed E-state index contributed by atoms with van der Waals surface area (Å²) in [6.45, 7) is 7.90. The molecule has 0 bridgehead atoms. The van der Waals surface area contributed by atoms with E-state index >= 15 is 0 Å². The predicted octanol–water partition coefficient (Wildman–Crippen LogP) is 3.15. The lowest BCUT2D eigenvalue weighted by Crippen LogP contribution is -1.90.